The second kappa shape index (κ2) is 3.57. The van der Waals surface area contributed by atoms with Crippen molar-refractivity contribution in [1.29, 1.82) is 0 Å². The van der Waals surface area contributed by atoms with Crippen molar-refractivity contribution >= 4 is 16.7 Å². The van der Waals surface area contributed by atoms with Crippen molar-refractivity contribution in [3.63, 3.8) is 0 Å². The van der Waals surface area contributed by atoms with E-state index in [1.54, 1.807) is 0 Å². The summed E-state index contributed by atoms with van der Waals surface area (Å²) in [6.07, 6.45) is 0. The molecule has 0 saturated heterocycles. The van der Waals surface area contributed by atoms with Crippen LogP contribution in [0.4, 0.5) is 5.69 Å². The number of nitrogens with one attached hydrogen (secondary N) is 1. The molecule has 0 aliphatic heterocycles. The number of aromatic amines is 1. The van der Waals surface area contributed by atoms with E-state index in [1.165, 1.54) is 0 Å². The van der Waals surface area contributed by atoms with E-state index in [-0.39, 0.29) is 0 Å². The lowest BCUT2D eigenvalue weighted by molar-refractivity contribution is 0.515. The van der Waals surface area contributed by atoms with Gasteiger partial charge in [0.05, 0.1) is 11.2 Å². The monoisotopic (exact) mass is 203 g/mol. The Labute approximate surface area is 89.7 Å². The number of para-hydroxylation sites is 1. The molecule has 3 heteroatoms. The first-order valence-corrected chi connectivity index (χ1v) is 5.33. The molecule has 1 heterocycles. The number of imidazole rings is 1. The van der Waals surface area contributed by atoms with Crippen molar-refractivity contribution in [2.45, 2.75) is 26.7 Å². The molecule has 2 rings (SSSR count). The minimum absolute atomic E-state index is 0.428. The third kappa shape index (κ3) is 1.69. The van der Waals surface area contributed by atoms with Gasteiger partial charge in [-0.2, -0.15) is 0 Å². The second-order valence-electron chi connectivity index (χ2n) is 4.40. The number of nitrogen functional groups attached to an aromatic ring is 1. The van der Waals surface area contributed by atoms with Crippen LogP contribution in [0.25, 0.3) is 11.0 Å². The average Bonchev–Trinajstić information content (AvgIpc) is 2.61. The first-order chi connectivity index (χ1) is 7.09. The van der Waals surface area contributed by atoms with E-state index in [0.717, 1.165) is 22.5 Å². The van der Waals surface area contributed by atoms with Gasteiger partial charge in [-0.15, -0.1) is 0 Å². The smallest absolute Gasteiger partial charge is 0.111 e. The fourth-order valence-corrected chi connectivity index (χ4v) is 1.60. The highest BCUT2D eigenvalue weighted by Crippen LogP contribution is 2.25. The maximum absolute atomic E-state index is 5.86. The van der Waals surface area contributed by atoms with Gasteiger partial charge in [-0.05, 0) is 18.1 Å². The van der Waals surface area contributed by atoms with Gasteiger partial charge in [0.15, 0.2) is 0 Å². The molecule has 0 spiro atoms. The van der Waals surface area contributed by atoms with E-state index >= 15 is 0 Å². The third-order valence-electron chi connectivity index (χ3n) is 2.99. The highest BCUT2D eigenvalue weighted by Gasteiger charge is 2.14. The van der Waals surface area contributed by atoms with E-state index in [0.29, 0.717) is 11.8 Å². The summed E-state index contributed by atoms with van der Waals surface area (Å²) in [5.74, 6) is 2.03. The summed E-state index contributed by atoms with van der Waals surface area (Å²) in [6.45, 7) is 6.57. The average molecular weight is 203 g/mol. The standard InChI is InChI=1S/C12H17N3/c1-7(2)8(3)12-14-10-6-4-5-9(13)11(10)15-12/h4-8H,13H2,1-3H3,(H,14,15). The topological polar surface area (TPSA) is 54.7 Å². The molecule has 3 N–H and O–H groups in total. The van der Waals surface area contributed by atoms with Crippen molar-refractivity contribution < 1.29 is 0 Å². The maximum atomic E-state index is 5.86. The lowest BCUT2D eigenvalue weighted by atomic mass is 9.98. The molecule has 0 amide bonds. The van der Waals surface area contributed by atoms with Crippen LogP contribution in [0.5, 0.6) is 0 Å². The summed E-state index contributed by atoms with van der Waals surface area (Å²) in [7, 11) is 0. The number of nitrogens with two attached hydrogens (primary N) is 1. The van der Waals surface area contributed by atoms with Gasteiger partial charge in [0.2, 0.25) is 0 Å². The quantitative estimate of drug-likeness (QED) is 0.737. The Kier molecular flexibility index (Phi) is 2.39. The number of benzene rings is 1. The van der Waals surface area contributed by atoms with Gasteiger partial charge in [0, 0.05) is 5.92 Å². The molecule has 0 bridgehead atoms. The van der Waals surface area contributed by atoms with Crippen LogP contribution < -0.4 is 5.73 Å². The van der Waals surface area contributed by atoms with Crippen LogP contribution in [0.3, 0.4) is 0 Å². The fraction of sp³-hybridized carbons (Fsp3) is 0.417. The van der Waals surface area contributed by atoms with Crippen molar-refractivity contribution in [2.24, 2.45) is 5.92 Å². The van der Waals surface area contributed by atoms with E-state index < -0.39 is 0 Å². The van der Waals surface area contributed by atoms with Crippen molar-refractivity contribution in [3.05, 3.63) is 24.0 Å². The Balaban J connectivity index is 2.52. The molecular weight excluding hydrogens is 186 g/mol. The van der Waals surface area contributed by atoms with Crippen LogP contribution in [0.2, 0.25) is 0 Å². The van der Waals surface area contributed by atoms with E-state index in [9.17, 15) is 0 Å². The van der Waals surface area contributed by atoms with Gasteiger partial charge >= 0.3 is 0 Å². The Morgan fingerprint density at radius 2 is 2.00 bits per heavy atom. The molecule has 15 heavy (non-hydrogen) atoms. The summed E-state index contributed by atoms with van der Waals surface area (Å²) in [5.41, 5.74) is 8.52. The highest BCUT2D eigenvalue weighted by atomic mass is 14.9. The Hall–Kier alpha value is -1.51. The summed E-state index contributed by atoms with van der Waals surface area (Å²) >= 11 is 0. The minimum Gasteiger partial charge on any atom is -0.397 e. The molecule has 0 aliphatic rings. The Morgan fingerprint density at radius 3 is 2.60 bits per heavy atom. The largest absolute Gasteiger partial charge is 0.397 e. The van der Waals surface area contributed by atoms with Gasteiger partial charge in [-0.25, -0.2) is 4.98 Å². The number of aromatic nitrogens is 2. The fourth-order valence-electron chi connectivity index (χ4n) is 1.60. The molecule has 80 valence electrons. The van der Waals surface area contributed by atoms with Gasteiger partial charge in [-0.1, -0.05) is 26.8 Å². The molecule has 1 unspecified atom stereocenters. The molecule has 1 aromatic heterocycles. The van der Waals surface area contributed by atoms with Crippen molar-refractivity contribution in [1.82, 2.24) is 9.97 Å². The Morgan fingerprint density at radius 1 is 1.27 bits per heavy atom. The molecule has 0 radical (unpaired) electrons. The number of H-pyrrole nitrogens is 1. The van der Waals surface area contributed by atoms with Crippen LogP contribution in [0.15, 0.2) is 18.2 Å². The molecule has 0 aliphatic carbocycles. The third-order valence-corrected chi connectivity index (χ3v) is 2.99. The number of fused-ring (bicyclic) bond motifs is 1. The number of rotatable bonds is 2. The number of anilines is 1. The zero-order valence-electron chi connectivity index (χ0n) is 9.41. The molecule has 2 aromatic rings. The number of hydrogen-bond acceptors (Lipinski definition) is 2. The summed E-state index contributed by atoms with van der Waals surface area (Å²) in [6, 6.07) is 5.84. The number of hydrogen-bond donors (Lipinski definition) is 2. The SMILES string of the molecule is CC(C)C(C)c1nc2c(N)cccc2[nH]1. The second-order valence-corrected chi connectivity index (χ2v) is 4.40. The molecular formula is C12H17N3. The summed E-state index contributed by atoms with van der Waals surface area (Å²) < 4.78 is 0. The van der Waals surface area contributed by atoms with Gasteiger partial charge < -0.3 is 10.7 Å². The van der Waals surface area contributed by atoms with Crippen molar-refractivity contribution in [3.8, 4) is 0 Å². The van der Waals surface area contributed by atoms with E-state index in [2.05, 4.69) is 30.7 Å². The first kappa shape index (κ1) is 10.0. The van der Waals surface area contributed by atoms with Crippen LogP contribution in [-0.4, -0.2) is 9.97 Å². The van der Waals surface area contributed by atoms with Crippen LogP contribution in [0.1, 0.15) is 32.5 Å². The van der Waals surface area contributed by atoms with E-state index in [4.69, 9.17) is 5.73 Å². The van der Waals surface area contributed by atoms with Gasteiger partial charge in [0.25, 0.3) is 0 Å². The molecule has 1 atom stereocenters. The molecule has 1 aromatic carbocycles. The Bertz CT molecular complexity index is 471. The zero-order valence-corrected chi connectivity index (χ0v) is 9.41. The van der Waals surface area contributed by atoms with Crippen molar-refractivity contribution in [2.75, 3.05) is 5.73 Å². The first-order valence-electron chi connectivity index (χ1n) is 5.33. The highest BCUT2D eigenvalue weighted by molar-refractivity contribution is 5.86. The predicted octanol–water partition coefficient (Wildman–Crippen LogP) is 2.90. The summed E-state index contributed by atoms with van der Waals surface area (Å²) in [4.78, 5) is 7.88. The van der Waals surface area contributed by atoms with Crippen LogP contribution in [0, 0.1) is 5.92 Å². The van der Waals surface area contributed by atoms with Crippen LogP contribution in [-0.2, 0) is 0 Å². The molecule has 0 fully saturated rings. The number of nitrogens with zero attached hydrogens (tertiary/aromatic N) is 1. The normalized spacial score (nSPS) is 13.6. The lowest BCUT2D eigenvalue weighted by Crippen LogP contribution is -2.03. The molecule has 0 saturated carbocycles. The zero-order chi connectivity index (χ0) is 11.0. The summed E-state index contributed by atoms with van der Waals surface area (Å²) in [5, 5.41) is 0. The van der Waals surface area contributed by atoms with E-state index in [1.807, 2.05) is 18.2 Å². The van der Waals surface area contributed by atoms with Gasteiger partial charge in [0.1, 0.15) is 11.3 Å². The minimum atomic E-state index is 0.428. The predicted molar refractivity (Wildman–Crippen MR) is 63.8 cm³/mol. The maximum Gasteiger partial charge on any atom is 0.111 e. The molecule has 3 nitrogen and oxygen atoms in total. The van der Waals surface area contributed by atoms with Gasteiger partial charge in [-0.3, -0.25) is 0 Å². The lowest BCUT2D eigenvalue weighted by Gasteiger charge is -2.11. The van der Waals surface area contributed by atoms with Crippen LogP contribution >= 0.6 is 0 Å².